The summed E-state index contributed by atoms with van der Waals surface area (Å²) in [6, 6.07) is 16.5. The Bertz CT molecular complexity index is 1090. The molecule has 0 aliphatic heterocycles. The molecule has 0 radical (unpaired) electrons. The molecule has 31 heavy (non-hydrogen) atoms. The van der Waals surface area contributed by atoms with Gasteiger partial charge in [-0.05, 0) is 91.0 Å². The van der Waals surface area contributed by atoms with Crippen molar-refractivity contribution in [2.45, 2.75) is 44.9 Å². The van der Waals surface area contributed by atoms with Crippen LogP contribution in [-0.2, 0) is 12.8 Å². The maximum Gasteiger partial charge on any atom is 0.189 e. The van der Waals surface area contributed by atoms with Crippen LogP contribution in [-0.4, -0.2) is 10.1 Å². The molecule has 1 heterocycles. The molecule has 160 valence electrons. The molecule has 2 aliphatic rings. The van der Waals surface area contributed by atoms with Gasteiger partial charge in [-0.1, -0.05) is 42.8 Å². The summed E-state index contributed by atoms with van der Waals surface area (Å²) in [5.41, 5.74) is 5.65. The molecule has 2 aromatic carbocycles. The van der Waals surface area contributed by atoms with Crippen molar-refractivity contribution in [1.82, 2.24) is 4.98 Å². The van der Waals surface area contributed by atoms with Crippen molar-refractivity contribution >= 4 is 51.1 Å². The Hall–Kier alpha value is -1.95. The predicted molar refractivity (Wildman–Crippen MR) is 135 cm³/mol. The first-order chi connectivity index (χ1) is 15.0. The van der Waals surface area contributed by atoms with E-state index in [2.05, 4.69) is 47.2 Å². The number of nitrogens with zero attached hydrogens (tertiary/aromatic N) is 1. The van der Waals surface area contributed by atoms with E-state index in [0.29, 0.717) is 21.5 Å². The van der Waals surface area contributed by atoms with Gasteiger partial charge in [0, 0.05) is 22.0 Å². The summed E-state index contributed by atoms with van der Waals surface area (Å²) in [5, 5.41) is 10.7. The first-order valence-electron chi connectivity index (χ1n) is 10.8. The molecule has 0 spiro atoms. The van der Waals surface area contributed by atoms with Crippen molar-refractivity contribution in [2.75, 3.05) is 10.6 Å². The summed E-state index contributed by atoms with van der Waals surface area (Å²) in [7, 11) is 0. The molecule has 2 aliphatic carbocycles. The van der Waals surface area contributed by atoms with Crippen molar-refractivity contribution in [3.8, 4) is 0 Å². The van der Waals surface area contributed by atoms with E-state index in [1.54, 1.807) is 22.5 Å². The second-order valence-corrected chi connectivity index (χ2v) is 10.8. The minimum Gasteiger partial charge on any atom is -0.332 e. The zero-order valence-corrected chi connectivity index (χ0v) is 19.9. The largest absolute Gasteiger partial charge is 0.332 e. The number of halogens is 1. The Labute approximate surface area is 198 Å². The van der Waals surface area contributed by atoms with E-state index in [1.165, 1.54) is 37.8 Å². The SMILES string of the molecule is CC1(C2CCc3ccccc3C2)CC(c2csc(NC(=S)Nc3ccc(Cl)cc3)n2)C1. The molecule has 3 nitrogen and oxygen atoms in total. The first kappa shape index (κ1) is 20.9. The van der Waals surface area contributed by atoms with Gasteiger partial charge in [0.2, 0.25) is 0 Å². The summed E-state index contributed by atoms with van der Waals surface area (Å²) in [5.74, 6) is 1.35. The second kappa shape index (κ2) is 8.53. The minimum absolute atomic E-state index is 0.431. The van der Waals surface area contributed by atoms with Crippen LogP contribution in [0.25, 0.3) is 0 Å². The Morgan fingerprint density at radius 1 is 1.10 bits per heavy atom. The van der Waals surface area contributed by atoms with E-state index in [9.17, 15) is 0 Å². The van der Waals surface area contributed by atoms with Gasteiger partial charge >= 0.3 is 0 Å². The van der Waals surface area contributed by atoms with Crippen molar-refractivity contribution in [2.24, 2.45) is 11.3 Å². The van der Waals surface area contributed by atoms with Crippen LogP contribution in [0, 0.1) is 11.3 Å². The number of fused-ring (bicyclic) bond motifs is 1. The zero-order valence-electron chi connectivity index (χ0n) is 17.5. The van der Waals surface area contributed by atoms with Gasteiger partial charge in [-0.3, -0.25) is 0 Å². The third-order valence-corrected chi connectivity index (χ3v) is 8.25. The van der Waals surface area contributed by atoms with Crippen LogP contribution in [0.4, 0.5) is 10.8 Å². The fourth-order valence-electron chi connectivity index (χ4n) is 5.22. The lowest BCUT2D eigenvalue weighted by Gasteiger charge is -2.51. The molecule has 6 heteroatoms. The Morgan fingerprint density at radius 2 is 1.84 bits per heavy atom. The fraction of sp³-hybridized carbons (Fsp3) is 0.360. The standard InChI is InChI=1S/C25H26ClN3S2/c1-25(19-7-6-16-4-2-3-5-17(16)12-19)13-18(14-25)22-15-31-24(28-22)29-23(30)27-21-10-8-20(26)9-11-21/h2-5,8-11,15,18-19H,6-7,12-14H2,1H3,(H2,27,28,29,30). The molecule has 0 bridgehead atoms. The van der Waals surface area contributed by atoms with Crippen LogP contribution >= 0.6 is 35.2 Å². The molecule has 0 amide bonds. The Kier molecular flexibility index (Phi) is 5.76. The number of rotatable bonds is 4. The summed E-state index contributed by atoms with van der Waals surface area (Å²) < 4.78 is 0. The first-order valence-corrected chi connectivity index (χ1v) is 12.5. The highest BCUT2D eigenvalue weighted by Crippen LogP contribution is 2.57. The lowest BCUT2D eigenvalue weighted by molar-refractivity contribution is 0.0370. The maximum absolute atomic E-state index is 5.94. The summed E-state index contributed by atoms with van der Waals surface area (Å²) in [6.07, 6.45) is 6.24. The Balaban J connectivity index is 1.16. The van der Waals surface area contributed by atoms with E-state index in [0.717, 1.165) is 16.7 Å². The van der Waals surface area contributed by atoms with E-state index in [1.807, 2.05) is 24.3 Å². The lowest BCUT2D eigenvalue weighted by atomic mass is 9.53. The topological polar surface area (TPSA) is 37.0 Å². The molecule has 5 rings (SSSR count). The van der Waals surface area contributed by atoms with Gasteiger partial charge in [-0.25, -0.2) is 4.98 Å². The van der Waals surface area contributed by atoms with Crippen LogP contribution in [0.3, 0.4) is 0 Å². The monoisotopic (exact) mass is 467 g/mol. The highest BCUT2D eigenvalue weighted by Gasteiger charge is 2.47. The number of thiazole rings is 1. The van der Waals surface area contributed by atoms with Gasteiger partial charge in [-0.2, -0.15) is 0 Å². The van der Waals surface area contributed by atoms with E-state index in [-0.39, 0.29) is 0 Å². The number of aryl methyl sites for hydroxylation is 1. The van der Waals surface area contributed by atoms with Gasteiger partial charge in [-0.15, -0.1) is 11.3 Å². The van der Waals surface area contributed by atoms with Crippen molar-refractivity contribution in [1.29, 1.82) is 0 Å². The molecule has 1 aromatic heterocycles. The van der Waals surface area contributed by atoms with Gasteiger partial charge in [0.1, 0.15) is 0 Å². The number of nitrogens with one attached hydrogen (secondary N) is 2. The van der Waals surface area contributed by atoms with Crippen molar-refractivity contribution in [3.05, 3.63) is 75.8 Å². The van der Waals surface area contributed by atoms with E-state index in [4.69, 9.17) is 28.8 Å². The minimum atomic E-state index is 0.431. The van der Waals surface area contributed by atoms with Gasteiger partial charge < -0.3 is 10.6 Å². The molecule has 2 N–H and O–H groups in total. The van der Waals surface area contributed by atoms with Crippen LogP contribution in [0.5, 0.6) is 0 Å². The maximum atomic E-state index is 5.94. The molecular weight excluding hydrogens is 442 g/mol. The summed E-state index contributed by atoms with van der Waals surface area (Å²) in [6.45, 7) is 2.48. The molecule has 1 unspecified atom stereocenters. The van der Waals surface area contributed by atoms with Crippen LogP contribution in [0.1, 0.15) is 48.9 Å². The summed E-state index contributed by atoms with van der Waals surface area (Å²) in [4.78, 5) is 4.83. The second-order valence-electron chi connectivity index (χ2n) is 9.13. The van der Waals surface area contributed by atoms with Crippen LogP contribution < -0.4 is 10.6 Å². The lowest BCUT2D eigenvalue weighted by Crippen LogP contribution is -2.42. The van der Waals surface area contributed by atoms with Gasteiger partial charge in [0.25, 0.3) is 0 Å². The molecule has 1 atom stereocenters. The molecule has 1 saturated carbocycles. The number of anilines is 2. The third-order valence-electron chi connectivity index (χ3n) is 7.02. The zero-order chi connectivity index (χ0) is 21.4. The van der Waals surface area contributed by atoms with Crippen LogP contribution in [0.2, 0.25) is 5.02 Å². The highest BCUT2D eigenvalue weighted by atomic mass is 35.5. The van der Waals surface area contributed by atoms with E-state index < -0.39 is 0 Å². The molecule has 3 aromatic rings. The fourth-order valence-corrected chi connectivity index (χ4v) is 6.43. The van der Waals surface area contributed by atoms with Gasteiger partial charge in [0.15, 0.2) is 10.2 Å². The number of aromatic nitrogens is 1. The molecule has 1 fully saturated rings. The number of hydrogen-bond acceptors (Lipinski definition) is 3. The highest BCUT2D eigenvalue weighted by molar-refractivity contribution is 7.80. The van der Waals surface area contributed by atoms with E-state index >= 15 is 0 Å². The molecular formula is C25H26ClN3S2. The van der Waals surface area contributed by atoms with Crippen molar-refractivity contribution in [3.63, 3.8) is 0 Å². The average molecular weight is 468 g/mol. The normalized spacial score (nSPS) is 24.7. The third kappa shape index (κ3) is 4.50. The average Bonchev–Trinajstić information content (AvgIpc) is 3.20. The molecule has 0 saturated heterocycles. The summed E-state index contributed by atoms with van der Waals surface area (Å²) >= 11 is 13.0. The van der Waals surface area contributed by atoms with Gasteiger partial charge in [0.05, 0.1) is 5.69 Å². The number of hydrogen-bond donors (Lipinski definition) is 2. The smallest absolute Gasteiger partial charge is 0.189 e. The number of benzene rings is 2. The Morgan fingerprint density at radius 3 is 2.61 bits per heavy atom. The quantitative estimate of drug-likeness (QED) is 0.395. The van der Waals surface area contributed by atoms with Crippen LogP contribution in [0.15, 0.2) is 53.9 Å². The number of thiocarbonyl (C=S) groups is 1. The van der Waals surface area contributed by atoms with Crippen molar-refractivity contribution < 1.29 is 0 Å². The predicted octanol–water partition coefficient (Wildman–Crippen LogP) is 7.29.